The normalized spacial score (nSPS) is 17.2. The molecule has 0 saturated carbocycles. The first-order chi connectivity index (χ1) is 10.1. The Bertz CT molecular complexity index is 674. The first kappa shape index (κ1) is 14.3. The number of carbonyl (C=O) groups is 1. The number of benzene rings is 1. The minimum atomic E-state index is 0.164. The van der Waals surface area contributed by atoms with Crippen LogP contribution in [-0.4, -0.2) is 47.4 Å². The van der Waals surface area contributed by atoms with Crippen LogP contribution in [0.5, 0.6) is 0 Å². The maximum Gasteiger partial charge on any atom is 0.236 e. The van der Waals surface area contributed by atoms with Gasteiger partial charge < -0.3 is 4.90 Å². The molecule has 4 nitrogen and oxygen atoms in total. The van der Waals surface area contributed by atoms with Crippen LogP contribution in [-0.2, 0) is 11.3 Å². The SMILES string of the molecule is CN1CCCN(Cc2cc3ccccc3nc2Cl)CC1=O. The van der Waals surface area contributed by atoms with Crippen LogP contribution in [0.3, 0.4) is 0 Å². The lowest BCUT2D eigenvalue weighted by Gasteiger charge is -2.20. The molecule has 5 heteroatoms. The van der Waals surface area contributed by atoms with Crippen LogP contribution >= 0.6 is 11.6 Å². The molecule has 1 fully saturated rings. The molecule has 1 aromatic heterocycles. The predicted octanol–water partition coefficient (Wildman–Crippen LogP) is 2.55. The van der Waals surface area contributed by atoms with Gasteiger partial charge in [-0.25, -0.2) is 4.98 Å². The first-order valence-corrected chi connectivity index (χ1v) is 7.52. The summed E-state index contributed by atoms with van der Waals surface area (Å²) in [6, 6.07) is 10.0. The fourth-order valence-corrected chi connectivity index (χ4v) is 2.88. The molecule has 0 bridgehead atoms. The molecule has 110 valence electrons. The van der Waals surface area contributed by atoms with Gasteiger partial charge >= 0.3 is 0 Å². The molecule has 2 aromatic rings. The maximum atomic E-state index is 11.9. The molecule has 0 radical (unpaired) electrons. The van der Waals surface area contributed by atoms with Gasteiger partial charge in [0.25, 0.3) is 0 Å². The van der Waals surface area contributed by atoms with Gasteiger partial charge in [-0.3, -0.25) is 9.69 Å². The summed E-state index contributed by atoms with van der Waals surface area (Å²) < 4.78 is 0. The monoisotopic (exact) mass is 303 g/mol. The summed E-state index contributed by atoms with van der Waals surface area (Å²) in [6.07, 6.45) is 0.987. The van der Waals surface area contributed by atoms with Crippen LogP contribution in [0.4, 0.5) is 0 Å². The first-order valence-electron chi connectivity index (χ1n) is 7.14. The zero-order chi connectivity index (χ0) is 14.8. The summed E-state index contributed by atoms with van der Waals surface area (Å²) >= 11 is 6.30. The van der Waals surface area contributed by atoms with Gasteiger partial charge in [0.1, 0.15) is 5.15 Å². The molecule has 3 rings (SSSR count). The molecule has 1 aliphatic rings. The molecule has 0 N–H and O–H groups in total. The Balaban J connectivity index is 1.84. The van der Waals surface area contributed by atoms with Crippen molar-refractivity contribution in [2.24, 2.45) is 0 Å². The minimum Gasteiger partial charge on any atom is -0.345 e. The summed E-state index contributed by atoms with van der Waals surface area (Å²) in [6.45, 7) is 2.83. The molecular formula is C16H18ClN3O. The van der Waals surface area contributed by atoms with Crippen molar-refractivity contribution in [2.45, 2.75) is 13.0 Å². The number of likely N-dealkylation sites (N-methyl/N-ethyl adjacent to an activating group) is 1. The second-order valence-electron chi connectivity index (χ2n) is 5.51. The van der Waals surface area contributed by atoms with Gasteiger partial charge in [0.05, 0.1) is 12.1 Å². The number of rotatable bonds is 2. The maximum absolute atomic E-state index is 11.9. The molecule has 1 aliphatic heterocycles. The molecule has 0 spiro atoms. The molecule has 1 saturated heterocycles. The Kier molecular flexibility index (Phi) is 4.08. The zero-order valence-corrected chi connectivity index (χ0v) is 12.8. The standard InChI is InChI=1S/C16H18ClN3O/c1-19-7-4-8-20(11-15(19)21)10-13-9-12-5-2-3-6-14(12)18-16(13)17/h2-3,5-6,9H,4,7-8,10-11H2,1H3. The number of aromatic nitrogens is 1. The van der Waals surface area contributed by atoms with Crippen molar-refractivity contribution >= 4 is 28.4 Å². The zero-order valence-electron chi connectivity index (χ0n) is 12.1. The van der Waals surface area contributed by atoms with Crippen molar-refractivity contribution < 1.29 is 4.79 Å². The van der Waals surface area contributed by atoms with Gasteiger partial charge in [-0.05, 0) is 18.6 Å². The third-order valence-electron chi connectivity index (χ3n) is 3.90. The number of hydrogen-bond acceptors (Lipinski definition) is 3. The highest BCUT2D eigenvalue weighted by Crippen LogP contribution is 2.22. The smallest absolute Gasteiger partial charge is 0.236 e. The van der Waals surface area contributed by atoms with E-state index in [1.54, 1.807) is 4.90 Å². The molecule has 1 aromatic carbocycles. The van der Waals surface area contributed by atoms with E-state index in [1.165, 1.54) is 0 Å². The van der Waals surface area contributed by atoms with E-state index >= 15 is 0 Å². The Hall–Kier alpha value is -1.65. The quantitative estimate of drug-likeness (QED) is 0.800. The molecular weight excluding hydrogens is 286 g/mol. The van der Waals surface area contributed by atoms with Gasteiger partial charge in [-0.1, -0.05) is 29.8 Å². The fraction of sp³-hybridized carbons (Fsp3) is 0.375. The second-order valence-corrected chi connectivity index (χ2v) is 5.87. The van der Waals surface area contributed by atoms with Crippen LogP contribution in [0, 0.1) is 0 Å². The van der Waals surface area contributed by atoms with Crippen LogP contribution in [0.15, 0.2) is 30.3 Å². The summed E-state index contributed by atoms with van der Waals surface area (Å²) in [5, 5.41) is 1.61. The topological polar surface area (TPSA) is 36.4 Å². The number of amides is 1. The van der Waals surface area contributed by atoms with E-state index in [2.05, 4.69) is 16.0 Å². The second kappa shape index (κ2) is 6.00. The highest BCUT2D eigenvalue weighted by Gasteiger charge is 2.20. The molecule has 1 amide bonds. The van der Waals surface area contributed by atoms with Crippen molar-refractivity contribution in [3.05, 3.63) is 41.0 Å². The van der Waals surface area contributed by atoms with Crippen molar-refractivity contribution in [3.8, 4) is 0 Å². The number of pyridine rings is 1. The number of nitrogens with zero attached hydrogens (tertiary/aromatic N) is 3. The summed E-state index contributed by atoms with van der Waals surface area (Å²) in [5.41, 5.74) is 1.88. The van der Waals surface area contributed by atoms with E-state index in [0.29, 0.717) is 18.2 Å². The lowest BCUT2D eigenvalue weighted by Crippen LogP contribution is -2.34. The van der Waals surface area contributed by atoms with E-state index in [-0.39, 0.29) is 5.91 Å². The lowest BCUT2D eigenvalue weighted by atomic mass is 10.1. The van der Waals surface area contributed by atoms with Gasteiger partial charge in [-0.2, -0.15) is 0 Å². The largest absolute Gasteiger partial charge is 0.345 e. The third-order valence-corrected chi connectivity index (χ3v) is 4.22. The van der Waals surface area contributed by atoms with Gasteiger partial charge in [0, 0.05) is 37.6 Å². The summed E-state index contributed by atoms with van der Waals surface area (Å²) in [4.78, 5) is 20.3. The Labute approximate surface area is 129 Å². The van der Waals surface area contributed by atoms with E-state index < -0.39 is 0 Å². The molecule has 2 heterocycles. The van der Waals surface area contributed by atoms with Crippen LogP contribution < -0.4 is 0 Å². The predicted molar refractivity (Wildman–Crippen MR) is 84.3 cm³/mol. The van der Waals surface area contributed by atoms with E-state index in [1.807, 2.05) is 31.3 Å². The Morgan fingerprint density at radius 1 is 1.29 bits per heavy atom. The number of halogens is 1. The van der Waals surface area contributed by atoms with Crippen molar-refractivity contribution in [1.29, 1.82) is 0 Å². The Morgan fingerprint density at radius 3 is 2.95 bits per heavy atom. The fourth-order valence-electron chi connectivity index (χ4n) is 2.67. The number of carbonyl (C=O) groups excluding carboxylic acids is 1. The number of hydrogen-bond donors (Lipinski definition) is 0. The van der Waals surface area contributed by atoms with Crippen LogP contribution in [0.2, 0.25) is 5.15 Å². The van der Waals surface area contributed by atoms with Crippen molar-refractivity contribution in [2.75, 3.05) is 26.7 Å². The average molecular weight is 304 g/mol. The molecule has 21 heavy (non-hydrogen) atoms. The number of para-hydroxylation sites is 1. The molecule has 0 atom stereocenters. The third kappa shape index (κ3) is 3.17. The van der Waals surface area contributed by atoms with Gasteiger partial charge in [-0.15, -0.1) is 0 Å². The van der Waals surface area contributed by atoms with E-state index in [0.717, 1.165) is 36.0 Å². The summed E-state index contributed by atoms with van der Waals surface area (Å²) in [7, 11) is 1.86. The summed E-state index contributed by atoms with van der Waals surface area (Å²) in [5.74, 6) is 0.164. The van der Waals surface area contributed by atoms with E-state index in [4.69, 9.17) is 11.6 Å². The van der Waals surface area contributed by atoms with E-state index in [9.17, 15) is 4.79 Å². The van der Waals surface area contributed by atoms with Crippen LogP contribution in [0.25, 0.3) is 10.9 Å². The number of fused-ring (bicyclic) bond motifs is 1. The van der Waals surface area contributed by atoms with Crippen molar-refractivity contribution in [1.82, 2.24) is 14.8 Å². The van der Waals surface area contributed by atoms with Gasteiger partial charge in [0.2, 0.25) is 5.91 Å². The lowest BCUT2D eigenvalue weighted by molar-refractivity contribution is -0.129. The minimum absolute atomic E-state index is 0.164. The molecule has 0 unspecified atom stereocenters. The molecule has 0 aliphatic carbocycles. The van der Waals surface area contributed by atoms with Gasteiger partial charge in [0.15, 0.2) is 0 Å². The van der Waals surface area contributed by atoms with Crippen LogP contribution in [0.1, 0.15) is 12.0 Å². The Morgan fingerprint density at radius 2 is 2.10 bits per heavy atom. The highest BCUT2D eigenvalue weighted by atomic mass is 35.5. The highest BCUT2D eigenvalue weighted by molar-refractivity contribution is 6.30. The average Bonchev–Trinajstić information content (AvgIpc) is 2.62. The van der Waals surface area contributed by atoms with Crippen molar-refractivity contribution in [3.63, 3.8) is 0 Å².